The lowest BCUT2D eigenvalue weighted by Gasteiger charge is -2.28. The first-order valence-electron chi connectivity index (χ1n) is 13.8. The van der Waals surface area contributed by atoms with Crippen molar-refractivity contribution in [3.63, 3.8) is 0 Å². The molecule has 0 aromatic heterocycles. The third kappa shape index (κ3) is 28.5. The normalized spacial score (nSPS) is 20.9. The Morgan fingerprint density at radius 1 is 0.622 bits per heavy atom. The summed E-state index contributed by atoms with van der Waals surface area (Å²) in [7, 11) is 0. The van der Waals surface area contributed by atoms with Crippen molar-refractivity contribution in [2.75, 3.05) is 74.8 Å². The summed E-state index contributed by atoms with van der Waals surface area (Å²) in [5.41, 5.74) is 0. The molecule has 0 saturated heterocycles. The fourth-order valence-corrected chi connectivity index (χ4v) is 10.0. The van der Waals surface area contributed by atoms with Crippen LogP contribution in [-0.2, 0) is 0 Å². The van der Waals surface area contributed by atoms with Crippen LogP contribution in [0.3, 0.4) is 0 Å². The molecule has 2 aliphatic rings. The van der Waals surface area contributed by atoms with Gasteiger partial charge in [-0.15, -0.1) is 6.58 Å². The molecule has 0 nitrogen and oxygen atoms in total. The quantitative estimate of drug-likeness (QED) is 0.0608. The first kappa shape index (κ1) is 39.6. The predicted molar refractivity (Wildman–Crippen MR) is 204 cm³/mol. The second-order valence-corrected chi connectivity index (χ2v) is 17.0. The maximum absolute atomic E-state index is 4.26. The molecule has 2 aliphatic carbocycles. The lowest BCUT2D eigenvalue weighted by Crippen LogP contribution is -2.17. The third-order valence-electron chi connectivity index (χ3n) is 6.00. The average molecular weight is 679 g/mol. The van der Waals surface area contributed by atoms with Crippen LogP contribution in [-0.4, -0.2) is 80.0 Å². The van der Waals surface area contributed by atoms with Gasteiger partial charge in [0.2, 0.25) is 0 Å². The molecule has 2 rings (SSSR count). The molecule has 220 valence electrons. The molecule has 1 fully saturated rings. The van der Waals surface area contributed by atoms with Crippen LogP contribution in [0.15, 0.2) is 24.8 Å². The summed E-state index contributed by atoms with van der Waals surface area (Å²) in [6, 6.07) is 0. The van der Waals surface area contributed by atoms with E-state index in [1.54, 1.807) is 0 Å². The summed E-state index contributed by atoms with van der Waals surface area (Å²) < 4.78 is 0. The SMILES string of the molecule is C=CC1CC=CCC1.SCCSCCS.SCCSCCSCCC1CCC(SCCSCCS)CC1. The predicted octanol–water partition coefficient (Wildman–Crippen LogP) is 9.84. The van der Waals surface area contributed by atoms with E-state index in [0.29, 0.717) is 0 Å². The second kappa shape index (κ2) is 33.1. The first-order chi connectivity index (χ1) is 18.2. The molecule has 0 spiro atoms. The molecule has 37 heavy (non-hydrogen) atoms. The Morgan fingerprint density at radius 2 is 1.14 bits per heavy atom. The van der Waals surface area contributed by atoms with E-state index in [2.05, 4.69) is 111 Å². The highest BCUT2D eigenvalue weighted by molar-refractivity contribution is 8.03. The molecular formula is C28H54S9. The van der Waals surface area contributed by atoms with Crippen LogP contribution in [0.5, 0.6) is 0 Å². The van der Waals surface area contributed by atoms with Gasteiger partial charge in [0, 0.05) is 51.3 Å². The van der Waals surface area contributed by atoms with Crippen molar-refractivity contribution in [2.45, 2.75) is 56.6 Å². The molecule has 1 atom stereocenters. The molecule has 1 saturated carbocycles. The molecule has 0 amide bonds. The lowest BCUT2D eigenvalue weighted by atomic mass is 9.87. The lowest BCUT2D eigenvalue weighted by molar-refractivity contribution is 0.358. The molecule has 9 heteroatoms. The highest BCUT2D eigenvalue weighted by Gasteiger charge is 2.20. The van der Waals surface area contributed by atoms with E-state index < -0.39 is 0 Å². The smallest absolute Gasteiger partial charge is 0.00475 e. The van der Waals surface area contributed by atoms with E-state index in [1.165, 1.54) is 91.6 Å². The van der Waals surface area contributed by atoms with E-state index in [4.69, 9.17) is 0 Å². The van der Waals surface area contributed by atoms with Crippen LogP contribution >= 0.6 is 109 Å². The van der Waals surface area contributed by atoms with Crippen LogP contribution < -0.4 is 0 Å². The summed E-state index contributed by atoms with van der Waals surface area (Å²) in [5.74, 6) is 17.2. The topological polar surface area (TPSA) is 0 Å². The van der Waals surface area contributed by atoms with Crippen LogP contribution in [0, 0.1) is 11.8 Å². The Labute approximate surface area is 274 Å². The first-order valence-corrected chi connectivity index (χ1v) is 22.0. The van der Waals surface area contributed by atoms with Gasteiger partial charge < -0.3 is 0 Å². The van der Waals surface area contributed by atoms with Gasteiger partial charge in [-0.2, -0.15) is 109 Å². The van der Waals surface area contributed by atoms with Crippen LogP contribution in [0.4, 0.5) is 0 Å². The van der Waals surface area contributed by atoms with Gasteiger partial charge in [-0.05, 0) is 92.0 Å². The van der Waals surface area contributed by atoms with Gasteiger partial charge in [0.25, 0.3) is 0 Å². The standard InChI is InChI=1S/C16H32S6.C8H12.C4H10S3/c17-6-9-20-12-11-19-8-5-15-1-3-16(4-2-15)22-14-13-21-10-7-18;1-2-8-6-4-3-5-7-8;5-1-3-7-4-2-6/h15-18H,1-14H2;2-4,8H,1,5-7H2;5-6H,1-4H2. The van der Waals surface area contributed by atoms with Gasteiger partial charge in [-0.3, -0.25) is 0 Å². The van der Waals surface area contributed by atoms with E-state index >= 15 is 0 Å². The molecule has 0 radical (unpaired) electrons. The van der Waals surface area contributed by atoms with E-state index in [0.717, 1.165) is 51.6 Å². The van der Waals surface area contributed by atoms with Crippen LogP contribution in [0.2, 0.25) is 0 Å². The van der Waals surface area contributed by atoms with Gasteiger partial charge >= 0.3 is 0 Å². The zero-order valence-electron chi connectivity index (χ0n) is 22.9. The monoisotopic (exact) mass is 678 g/mol. The largest absolute Gasteiger partial charge is 0.179 e. The Morgan fingerprint density at radius 3 is 1.59 bits per heavy atom. The summed E-state index contributed by atoms with van der Waals surface area (Å²) in [4.78, 5) is 0. The molecular weight excluding hydrogens is 625 g/mol. The second-order valence-electron chi connectivity index (χ2n) is 8.93. The van der Waals surface area contributed by atoms with Crippen molar-refractivity contribution in [3.05, 3.63) is 24.8 Å². The Kier molecular flexibility index (Phi) is 35.5. The van der Waals surface area contributed by atoms with Crippen molar-refractivity contribution in [3.8, 4) is 0 Å². The minimum absolute atomic E-state index is 0.764. The Hall–Kier alpha value is 2.63. The highest BCUT2D eigenvalue weighted by Crippen LogP contribution is 2.34. The molecule has 0 N–H and O–H groups in total. The van der Waals surface area contributed by atoms with Crippen molar-refractivity contribution >= 4 is 109 Å². The van der Waals surface area contributed by atoms with Crippen molar-refractivity contribution in [2.24, 2.45) is 11.8 Å². The molecule has 0 aliphatic heterocycles. The van der Waals surface area contributed by atoms with Crippen LogP contribution in [0.25, 0.3) is 0 Å². The average Bonchev–Trinajstić information content (AvgIpc) is 2.94. The van der Waals surface area contributed by atoms with Gasteiger partial charge in [-0.25, -0.2) is 0 Å². The summed E-state index contributed by atoms with van der Waals surface area (Å²) >= 11 is 27.0. The molecule has 0 heterocycles. The molecule has 0 aromatic rings. The minimum Gasteiger partial charge on any atom is -0.179 e. The highest BCUT2D eigenvalue weighted by atomic mass is 32.2. The van der Waals surface area contributed by atoms with Crippen LogP contribution in [0.1, 0.15) is 51.4 Å². The third-order valence-corrected chi connectivity index (χ3v) is 14.0. The van der Waals surface area contributed by atoms with Crippen molar-refractivity contribution < 1.29 is 0 Å². The van der Waals surface area contributed by atoms with Gasteiger partial charge in [0.1, 0.15) is 0 Å². The van der Waals surface area contributed by atoms with E-state index in [-0.39, 0.29) is 0 Å². The zero-order valence-corrected chi connectivity index (χ0v) is 30.5. The minimum atomic E-state index is 0.764. The van der Waals surface area contributed by atoms with E-state index in [9.17, 15) is 0 Å². The maximum atomic E-state index is 4.26. The maximum Gasteiger partial charge on any atom is 0.00475 e. The Balaban J connectivity index is 0.000000699. The van der Waals surface area contributed by atoms with Crippen molar-refractivity contribution in [1.29, 1.82) is 0 Å². The van der Waals surface area contributed by atoms with Gasteiger partial charge in [0.15, 0.2) is 0 Å². The van der Waals surface area contributed by atoms with Crippen molar-refractivity contribution in [1.82, 2.24) is 0 Å². The molecule has 0 bridgehead atoms. The number of hydrogen-bond acceptors (Lipinski definition) is 9. The number of hydrogen-bond donors (Lipinski definition) is 4. The fourth-order valence-electron chi connectivity index (χ4n) is 3.93. The van der Waals surface area contributed by atoms with Gasteiger partial charge in [0.05, 0.1) is 0 Å². The number of allylic oxidation sites excluding steroid dienone is 3. The number of thioether (sulfide) groups is 5. The zero-order chi connectivity index (χ0) is 27.2. The summed E-state index contributed by atoms with van der Waals surface area (Å²) in [6.45, 7) is 3.75. The van der Waals surface area contributed by atoms with Gasteiger partial charge in [-0.1, -0.05) is 18.2 Å². The number of rotatable bonds is 19. The Bertz CT molecular complexity index is 478. The number of thiol groups is 4. The summed E-state index contributed by atoms with van der Waals surface area (Å²) in [6.07, 6.45) is 17.7. The molecule has 0 aromatic carbocycles. The van der Waals surface area contributed by atoms with E-state index in [1.807, 2.05) is 23.5 Å². The fraction of sp³-hybridized carbons (Fsp3) is 0.857. The molecule has 1 unspecified atom stereocenters. The summed E-state index contributed by atoms with van der Waals surface area (Å²) in [5, 5.41) is 0.957.